The average molecular weight is 584 g/mol. The maximum atomic E-state index is 13.4. The summed E-state index contributed by atoms with van der Waals surface area (Å²) in [6.45, 7) is 3.96. The van der Waals surface area contributed by atoms with E-state index in [1.54, 1.807) is 10.6 Å². The number of aryl methyl sites for hydroxylation is 1. The Kier molecular flexibility index (Phi) is 6.25. The highest BCUT2D eigenvalue weighted by Gasteiger charge is 2.21. The van der Waals surface area contributed by atoms with Crippen LogP contribution in [0.25, 0.3) is 28.1 Å². The maximum absolute atomic E-state index is 13.4. The second kappa shape index (κ2) is 9.74. The summed E-state index contributed by atoms with van der Waals surface area (Å²) in [6.07, 6.45) is 0. The molecule has 0 unspecified atom stereocenters. The van der Waals surface area contributed by atoms with Crippen molar-refractivity contribution in [2.75, 3.05) is 5.75 Å². The minimum absolute atomic E-state index is 0.00361. The summed E-state index contributed by atoms with van der Waals surface area (Å²) in [5.74, 6) is 0.594. The predicted molar refractivity (Wildman–Crippen MR) is 154 cm³/mol. The summed E-state index contributed by atoms with van der Waals surface area (Å²) < 4.78 is 6.50. The Bertz CT molecular complexity index is 1890. The summed E-state index contributed by atoms with van der Waals surface area (Å²) in [6, 6.07) is 26.7. The maximum Gasteiger partial charge on any atom is 0.267 e. The molecule has 7 nitrogen and oxygen atoms in total. The van der Waals surface area contributed by atoms with Crippen LogP contribution in [0.15, 0.2) is 99.4 Å². The van der Waals surface area contributed by atoms with Gasteiger partial charge >= 0.3 is 0 Å². The van der Waals surface area contributed by atoms with Crippen molar-refractivity contribution in [2.45, 2.75) is 19.0 Å². The van der Waals surface area contributed by atoms with Gasteiger partial charge in [0.1, 0.15) is 0 Å². The molecule has 0 amide bonds. The van der Waals surface area contributed by atoms with Crippen LogP contribution in [0, 0.1) is 13.8 Å². The van der Waals surface area contributed by atoms with Gasteiger partial charge in [-0.2, -0.15) is 0 Å². The van der Waals surface area contributed by atoms with Crippen molar-refractivity contribution >= 4 is 50.2 Å². The van der Waals surface area contributed by atoms with E-state index >= 15 is 0 Å². The van der Waals surface area contributed by atoms with Gasteiger partial charge in [-0.25, -0.2) is 4.57 Å². The molecule has 6 aromatic rings. The average Bonchev–Trinajstić information content (AvgIpc) is 3.49. The molecule has 3 heterocycles. The van der Waals surface area contributed by atoms with Gasteiger partial charge in [0, 0.05) is 27.1 Å². The van der Waals surface area contributed by atoms with Crippen molar-refractivity contribution in [3.63, 3.8) is 0 Å². The molecule has 3 aromatic carbocycles. The van der Waals surface area contributed by atoms with Gasteiger partial charge in [-0.3, -0.25) is 14.0 Å². The van der Waals surface area contributed by atoms with Crippen LogP contribution in [0.5, 0.6) is 0 Å². The number of para-hydroxylation sites is 2. The van der Waals surface area contributed by atoms with E-state index in [9.17, 15) is 9.59 Å². The van der Waals surface area contributed by atoms with Gasteiger partial charge in [-0.1, -0.05) is 58.0 Å². The summed E-state index contributed by atoms with van der Waals surface area (Å²) in [5.41, 5.74) is 4.80. The number of hydrogen-bond donors (Lipinski definition) is 0. The lowest BCUT2D eigenvalue weighted by molar-refractivity contribution is 0.102. The molecule has 9 heteroatoms. The van der Waals surface area contributed by atoms with Crippen LogP contribution < -0.4 is 5.56 Å². The molecular formula is C29H22BrN5O2S. The zero-order valence-corrected chi connectivity index (χ0v) is 23.0. The summed E-state index contributed by atoms with van der Waals surface area (Å²) in [4.78, 5) is 26.8. The van der Waals surface area contributed by atoms with Crippen molar-refractivity contribution in [1.82, 2.24) is 23.7 Å². The zero-order chi connectivity index (χ0) is 26.4. The van der Waals surface area contributed by atoms with E-state index in [2.05, 4.69) is 30.7 Å². The van der Waals surface area contributed by atoms with Gasteiger partial charge in [-0.05, 0) is 68.4 Å². The van der Waals surface area contributed by atoms with E-state index in [0.717, 1.165) is 21.5 Å². The first-order valence-electron chi connectivity index (χ1n) is 12.0. The number of hydrogen-bond acceptors (Lipinski definition) is 5. The Balaban J connectivity index is 1.38. The quantitative estimate of drug-likeness (QED) is 0.173. The second-order valence-corrected chi connectivity index (χ2v) is 10.8. The number of carbonyl (C=O) groups is 1. The van der Waals surface area contributed by atoms with Gasteiger partial charge in [0.25, 0.3) is 5.56 Å². The van der Waals surface area contributed by atoms with Crippen molar-refractivity contribution in [1.29, 1.82) is 0 Å². The standard InChI is InChI=1S/C29H22BrN5O2S/c1-18-16-24(19(2)33(18)22-14-12-20(30)13-15-22)26(36)17-38-29-32-31-28-34(21-8-4-3-5-9-21)27(37)23-10-6-7-11-25(23)35(28)29/h3-16H,17H2,1-2H3. The molecule has 0 saturated carbocycles. The number of halogens is 1. The molecule has 0 saturated heterocycles. The number of benzene rings is 3. The van der Waals surface area contributed by atoms with Crippen LogP contribution in [0.3, 0.4) is 0 Å². The lowest BCUT2D eigenvalue weighted by atomic mass is 10.2. The molecule has 0 fully saturated rings. The van der Waals surface area contributed by atoms with E-state index in [1.165, 1.54) is 11.8 Å². The van der Waals surface area contributed by atoms with Gasteiger partial charge < -0.3 is 4.57 Å². The highest BCUT2D eigenvalue weighted by atomic mass is 79.9. The predicted octanol–water partition coefficient (Wildman–Crippen LogP) is 6.18. The molecule has 38 heavy (non-hydrogen) atoms. The number of carbonyl (C=O) groups excluding carboxylic acids is 1. The highest BCUT2D eigenvalue weighted by Crippen LogP contribution is 2.27. The fraction of sp³-hybridized carbons (Fsp3) is 0.103. The molecule has 3 aromatic heterocycles. The van der Waals surface area contributed by atoms with E-state index in [-0.39, 0.29) is 17.1 Å². The Morgan fingerprint density at radius 3 is 2.32 bits per heavy atom. The smallest absolute Gasteiger partial charge is 0.267 e. The van der Waals surface area contributed by atoms with Gasteiger partial charge in [0.2, 0.25) is 5.78 Å². The van der Waals surface area contributed by atoms with Crippen LogP contribution in [0.1, 0.15) is 21.7 Å². The van der Waals surface area contributed by atoms with Crippen molar-refractivity contribution < 1.29 is 4.79 Å². The van der Waals surface area contributed by atoms with Crippen molar-refractivity contribution in [3.8, 4) is 11.4 Å². The molecule has 0 aliphatic carbocycles. The Labute approximate surface area is 230 Å². The zero-order valence-electron chi connectivity index (χ0n) is 20.6. The van der Waals surface area contributed by atoms with Crippen LogP contribution in [0.4, 0.5) is 0 Å². The second-order valence-electron chi connectivity index (χ2n) is 8.92. The minimum atomic E-state index is -0.167. The van der Waals surface area contributed by atoms with Crippen LogP contribution in [-0.4, -0.2) is 35.3 Å². The molecule has 0 spiro atoms. The van der Waals surface area contributed by atoms with Gasteiger partial charge in [0.15, 0.2) is 10.9 Å². The summed E-state index contributed by atoms with van der Waals surface area (Å²) >= 11 is 4.79. The van der Waals surface area contributed by atoms with Crippen LogP contribution in [0.2, 0.25) is 0 Å². The number of rotatable bonds is 6. The normalized spacial score (nSPS) is 11.4. The third-order valence-electron chi connectivity index (χ3n) is 6.56. The Morgan fingerprint density at radius 1 is 0.868 bits per heavy atom. The van der Waals surface area contributed by atoms with Crippen LogP contribution >= 0.6 is 27.7 Å². The van der Waals surface area contributed by atoms with Crippen molar-refractivity contribution in [3.05, 3.63) is 117 Å². The fourth-order valence-electron chi connectivity index (χ4n) is 4.82. The largest absolute Gasteiger partial charge is 0.318 e. The lowest BCUT2D eigenvalue weighted by Gasteiger charge is -2.11. The number of aromatic nitrogens is 5. The molecule has 0 aliphatic rings. The van der Waals surface area contributed by atoms with Gasteiger partial charge in [0.05, 0.1) is 22.3 Å². The molecule has 0 radical (unpaired) electrons. The van der Waals surface area contributed by atoms with Crippen molar-refractivity contribution in [2.24, 2.45) is 0 Å². The fourth-order valence-corrected chi connectivity index (χ4v) is 5.91. The number of Topliss-reactive ketones (excluding diaryl/α,β-unsaturated/α-hetero) is 1. The first-order valence-corrected chi connectivity index (χ1v) is 13.8. The molecule has 0 atom stereocenters. The minimum Gasteiger partial charge on any atom is -0.318 e. The number of thioether (sulfide) groups is 1. The number of ketones is 1. The molecular weight excluding hydrogens is 562 g/mol. The van der Waals surface area contributed by atoms with E-state index in [4.69, 9.17) is 0 Å². The molecule has 0 N–H and O–H groups in total. The van der Waals surface area contributed by atoms with E-state index < -0.39 is 0 Å². The molecule has 0 aliphatic heterocycles. The van der Waals surface area contributed by atoms with Gasteiger partial charge in [-0.15, -0.1) is 10.2 Å². The third-order valence-corrected chi connectivity index (χ3v) is 8.02. The number of nitrogens with zero attached hydrogens (tertiary/aromatic N) is 5. The van der Waals surface area contributed by atoms with E-state index in [0.29, 0.717) is 33.1 Å². The lowest BCUT2D eigenvalue weighted by Crippen LogP contribution is -2.21. The molecule has 6 rings (SSSR count). The first kappa shape index (κ1) is 24.4. The summed E-state index contributed by atoms with van der Waals surface area (Å²) in [7, 11) is 0. The van der Waals surface area contributed by atoms with Crippen LogP contribution in [-0.2, 0) is 0 Å². The SMILES string of the molecule is Cc1cc(C(=O)CSc2nnc3n(-c4ccccc4)c(=O)c4ccccc4n23)c(C)n1-c1ccc(Br)cc1. The monoisotopic (exact) mass is 583 g/mol. The Hall–Kier alpha value is -3.95. The van der Waals surface area contributed by atoms with E-state index in [1.807, 2.05) is 97.1 Å². The molecule has 188 valence electrons. The topological polar surface area (TPSA) is 74.2 Å². The third kappa shape index (κ3) is 4.08. The summed E-state index contributed by atoms with van der Waals surface area (Å²) in [5, 5.41) is 9.87. The Morgan fingerprint density at radius 2 is 1.55 bits per heavy atom. The number of fused-ring (bicyclic) bond motifs is 3. The highest BCUT2D eigenvalue weighted by molar-refractivity contribution is 9.10. The first-order chi connectivity index (χ1) is 18.4. The molecule has 0 bridgehead atoms.